The van der Waals surface area contributed by atoms with Crippen LogP contribution in [-0.2, 0) is 30.4 Å². The molecule has 0 radical (unpaired) electrons. The molecule has 0 heterocycles. The molecular formula is C16H13N3O11S3. The molecule has 0 bridgehead atoms. The Kier molecular flexibility index (Phi) is 5.82. The van der Waals surface area contributed by atoms with E-state index >= 15 is 0 Å². The predicted octanol–water partition coefficient (Wildman–Crippen LogP) is 1.99. The van der Waals surface area contributed by atoms with Gasteiger partial charge in [0.05, 0.1) is 4.90 Å². The zero-order chi connectivity index (χ0) is 24.9. The number of aromatic hydroxyl groups is 2. The molecule has 0 atom stereocenters. The number of rotatable bonds is 5. The summed E-state index contributed by atoms with van der Waals surface area (Å²) in [5.41, 5.74) is 4.33. The molecule has 0 spiro atoms. The number of azo groups is 1. The van der Waals surface area contributed by atoms with E-state index in [9.17, 15) is 44.6 Å². The van der Waals surface area contributed by atoms with E-state index in [4.69, 9.17) is 10.3 Å². The zero-order valence-electron chi connectivity index (χ0n) is 15.8. The van der Waals surface area contributed by atoms with Crippen molar-refractivity contribution in [2.24, 2.45) is 10.2 Å². The van der Waals surface area contributed by atoms with Crippen molar-refractivity contribution in [2.45, 2.75) is 14.7 Å². The second-order valence-electron chi connectivity index (χ2n) is 6.46. The first-order valence-corrected chi connectivity index (χ1v) is 12.6. The van der Waals surface area contributed by atoms with Crippen LogP contribution in [0.2, 0.25) is 0 Å². The third-order valence-electron chi connectivity index (χ3n) is 4.22. The fraction of sp³-hybridized carbons (Fsp3) is 0. The minimum Gasteiger partial charge on any atom is -0.505 e. The molecule has 14 nitrogen and oxygen atoms in total. The Labute approximate surface area is 185 Å². The van der Waals surface area contributed by atoms with Gasteiger partial charge in [0.2, 0.25) is 0 Å². The summed E-state index contributed by atoms with van der Waals surface area (Å²) >= 11 is 0. The molecule has 0 aliphatic carbocycles. The molecule has 0 fully saturated rings. The minimum absolute atomic E-state index is 0.229. The molecule has 0 unspecified atom stereocenters. The highest BCUT2D eigenvalue weighted by Gasteiger charge is 2.23. The van der Waals surface area contributed by atoms with Crippen LogP contribution in [0.4, 0.5) is 17.1 Å². The number of hydrogen-bond donors (Lipinski definition) is 6. The maximum atomic E-state index is 11.7. The molecule has 33 heavy (non-hydrogen) atoms. The number of anilines is 1. The average Bonchev–Trinajstić information content (AvgIpc) is 2.66. The molecule has 0 amide bonds. The molecule has 17 heteroatoms. The summed E-state index contributed by atoms with van der Waals surface area (Å²) < 4.78 is 96.8. The molecule has 0 saturated heterocycles. The lowest BCUT2D eigenvalue weighted by molar-refractivity contribution is 0.444. The first kappa shape index (κ1) is 24.3. The fourth-order valence-corrected chi connectivity index (χ4v) is 4.76. The van der Waals surface area contributed by atoms with Crippen molar-refractivity contribution in [3.8, 4) is 11.5 Å². The number of phenols is 2. The number of hydrogen-bond acceptors (Lipinski definition) is 11. The van der Waals surface area contributed by atoms with Crippen LogP contribution in [0.15, 0.2) is 61.3 Å². The number of nitrogens with two attached hydrogens (primary N) is 1. The zero-order valence-corrected chi connectivity index (χ0v) is 18.3. The lowest BCUT2D eigenvalue weighted by atomic mass is 10.1. The number of phenolic OH excluding ortho intramolecular Hbond substituents is 2. The summed E-state index contributed by atoms with van der Waals surface area (Å²) in [4.78, 5) is -2.86. The van der Waals surface area contributed by atoms with E-state index in [1.54, 1.807) is 0 Å². The van der Waals surface area contributed by atoms with Crippen molar-refractivity contribution < 1.29 is 49.1 Å². The first-order chi connectivity index (χ1) is 15.0. The lowest BCUT2D eigenvalue weighted by Gasteiger charge is -2.10. The summed E-state index contributed by atoms with van der Waals surface area (Å²) in [7, 11) is -14.8. The Morgan fingerprint density at radius 2 is 1.21 bits per heavy atom. The van der Waals surface area contributed by atoms with Crippen LogP contribution >= 0.6 is 0 Å². The van der Waals surface area contributed by atoms with Gasteiger partial charge in [-0.25, -0.2) is 0 Å². The van der Waals surface area contributed by atoms with Crippen molar-refractivity contribution >= 4 is 58.2 Å². The summed E-state index contributed by atoms with van der Waals surface area (Å²) in [6, 6.07) is 4.97. The summed E-state index contributed by atoms with van der Waals surface area (Å²) in [5, 5.41) is 26.8. The topological polar surface area (TPSA) is 254 Å². The van der Waals surface area contributed by atoms with Gasteiger partial charge in [0.25, 0.3) is 30.4 Å². The van der Waals surface area contributed by atoms with Gasteiger partial charge in [-0.2, -0.15) is 25.3 Å². The van der Waals surface area contributed by atoms with Gasteiger partial charge in [-0.3, -0.25) is 13.7 Å². The summed E-state index contributed by atoms with van der Waals surface area (Å²) in [6.45, 7) is 0. The molecule has 7 N–H and O–H groups in total. The van der Waals surface area contributed by atoms with Gasteiger partial charge < -0.3 is 15.9 Å². The van der Waals surface area contributed by atoms with Crippen LogP contribution in [0, 0.1) is 0 Å². The number of fused-ring (bicyclic) bond motifs is 1. The smallest absolute Gasteiger partial charge is 0.298 e. The van der Waals surface area contributed by atoms with Crippen molar-refractivity contribution in [1.29, 1.82) is 0 Å². The minimum atomic E-state index is -4.99. The molecule has 0 aliphatic heterocycles. The number of benzene rings is 3. The van der Waals surface area contributed by atoms with Crippen molar-refractivity contribution in [3.05, 3.63) is 36.4 Å². The lowest BCUT2D eigenvalue weighted by Crippen LogP contribution is -2.04. The van der Waals surface area contributed by atoms with Gasteiger partial charge in [-0.15, -0.1) is 10.2 Å². The van der Waals surface area contributed by atoms with Crippen molar-refractivity contribution in [2.75, 3.05) is 5.73 Å². The van der Waals surface area contributed by atoms with Gasteiger partial charge in [0.1, 0.15) is 21.2 Å². The Balaban J connectivity index is 2.26. The monoisotopic (exact) mass is 519 g/mol. The molecule has 3 aromatic rings. The highest BCUT2D eigenvalue weighted by Crippen LogP contribution is 2.41. The highest BCUT2D eigenvalue weighted by molar-refractivity contribution is 7.87. The molecule has 3 rings (SSSR count). The third kappa shape index (κ3) is 4.87. The molecular weight excluding hydrogens is 506 g/mol. The van der Waals surface area contributed by atoms with E-state index in [-0.39, 0.29) is 11.1 Å². The van der Waals surface area contributed by atoms with Crippen LogP contribution in [0.5, 0.6) is 11.5 Å². The summed E-state index contributed by atoms with van der Waals surface area (Å²) in [5.74, 6) is -1.86. The number of nitrogen functional groups attached to an aromatic ring is 1. The molecule has 3 aromatic carbocycles. The SMILES string of the molecule is Nc1cc(N=Nc2ccc3c(S(=O)(=O)O)cc(S(=O)(=O)O)cc3c2O)c(O)c(S(=O)(=O)O)c1. The normalized spacial score (nSPS) is 13.1. The largest absolute Gasteiger partial charge is 0.505 e. The van der Waals surface area contributed by atoms with Crippen LogP contribution in [0.25, 0.3) is 10.8 Å². The average molecular weight is 519 g/mol. The standard InChI is InChI=1S/C16H13N3O11S3/c17-7-3-12(16(21)14(4-7)33(28,29)30)19-18-11-2-1-9-10(15(11)20)5-8(31(22,23)24)6-13(9)32(25,26)27/h1-6,20-21H,17H2,(H,22,23,24)(H,25,26,27)(H,28,29,30). The van der Waals surface area contributed by atoms with Gasteiger partial charge in [-0.05, 0) is 30.3 Å². The van der Waals surface area contributed by atoms with Crippen molar-refractivity contribution in [1.82, 2.24) is 0 Å². The summed E-state index contributed by atoms with van der Waals surface area (Å²) in [6.07, 6.45) is 0. The van der Waals surface area contributed by atoms with E-state index in [1.807, 2.05) is 0 Å². The second kappa shape index (κ2) is 7.90. The van der Waals surface area contributed by atoms with Gasteiger partial charge in [0, 0.05) is 16.5 Å². The van der Waals surface area contributed by atoms with Crippen LogP contribution in [0.3, 0.4) is 0 Å². The fourth-order valence-electron chi connectivity index (χ4n) is 2.79. The molecule has 0 saturated carbocycles. The molecule has 0 aliphatic rings. The van der Waals surface area contributed by atoms with E-state index in [0.717, 1.165) is 24.3 Å². The van der Waals surface area contributed by atoms with E-state index in [2.05, 4.69) is 10.2 Å². The van der Waals surface area contributed by atoms with E-state index in [1.165, 1.54) is 0 Å². The van der Waals surface area contributed by atoms with Gasteiger partial charge in [-0.1, -0.05) is 6.07 Å². The Bertz CT molecular complexity index is 1660. The molecule has 176 valence electrons. The van der Waals surface area contributed by atoms with Crippen LogP contribution < -0.4 is 5.73 Å². The highest BCUT2D eigenvalue weighted by atomic mass is 32.2. The first-order valence-electron chi connectivity index (χ1n) is 8.26. The van der Waals surface area contributed by atoms with E-state index in [0.29, 0.717) is 12.1 Å². The predicted molar refractivity (Wildman–Crippen MR) is 112 cm³/mol. The maximum Gasteiger partial charge on any atom is 0.298 e. The van der Waals surface area contributed by atoms with Gasteiger partial charge in [0.15, 0.2) is 11.5 Å². The Hall–Kier alpha value is -3.35. The third-order valence-corrected chi connectivity index (χ3v) is 6.81. The Morgan fingerprint density at radius 1 is 0.636 bits per heavy atom. The van der Waals surface area contributed by atoms with Crippen molar-refractivity contribution in [3.63, 3.8) is 0 Å². The number of nitrogens with zero attached hydrogens (tertiary/aromatic N) is 2. The van der Waals surface area contributed by atoms with Crippen LogP contribution in [-0.4, -0.2) is 49.1 Å². The van der Waals surface area contributed by atoms with Gasteiger partial charge >= 0.3 is 0 Å². The maximum absolute atomic E-state index is 11.7. The second-order valence-corrected chi connectivity index (χ2v) is 10.7. The molecule has 0 aromatic heterocycles. The van der Waals surface area contributed by atoms with Crippen LogP contribution in [0.1, 0.15) is 0 Å². The van der Waals surface area contributed by atoms with E-state index < -0.39 is 73.3 Å². The quantitative estimate of drug-likeness (QED) is 0.122. The Morgan fingerprint density at radius 3 is 1.76 bits per heavy atom.